The van der Waals surface area contributed by atoms with Crippen LogP contribution in [0.15, 0.2) is 47.6 Å². The molecule has 1 amide bonds. The number of hydrogen-bond acceptors (Lipinski definition) is 7. The number of hydrazone groups is 1. The molecule has 3 aromatic rings. The largest absolute Gasteiger partial charge is 0.493 e. The normalized spacial score (nSPS) is 10.9. The molecule has 0 aliphatic carbocycles. The van der Waals surface area contributed by atoms with E-state index in [2.05, 4.69) is 21.6 Å². The minimum atomic E-state index is -0.363. The van der Waals surface area contributed by atoms with Gasteiger partial charge in [-0.05, 0) is 31.5 Å². The van der Waals surface area contributed by atoms with E-state index in [0.717, 1.165) is 22.5 Å². The third kappa shape index (κ3) is 5.11. The number of carbonyl (C=O) groups excluding carboxylic acids is 1. The van der Waals surface area contributed by atoms with Crippen molar-refractivity contribution in [1.29, 1.82) is 0 Å². The third-order valence-electron chi connectivity index (χ3n) is 4.08. The lowest BCUT2D eigenvalue weighted by molar-refractivity contribution is 0.0958. The Morgan fingerprint density at radius 2 is 2.07 bits per heavy atom. The van der Waals surface area contributed by atoms with Crippen LogP contribution in [0.5, 0.6) is 11.5 Å². The van der Waals surface area contributed by atoms with Gasteiger partial charge in [0.05, 0.1) is 19.0 Å². The molecule has 7 nitrogen and oxygen atoms in total. The second kappa shape index (κ2) is 9.20. The van der Waals surface area contributed by atoms with Gasteiger partial charge in [-0.2, -0.15) is 5.10 Å². The zero-order valence-corrected chi connectivity index (χ0v) is 17.2. The molecule has 0 aliphatic rings. The number of amides is 1. The summed E-state index contributed by atoms with van der Waals surface area (Å²) in [6, 6.07) is 13.6. The van der Waals surface area contributed by atoms with Crippen LogP contribution in [-0.2, 0) is 6.61 Å². The minimum Gasteiger partial charge on any atom is -0.493 e. The highest BCUT2D eigenvalue weighted by Gasteiger charge is 2.14. The molecular weight excluding hydrogens is 388 g/mol. The quantitative estimate of drug-likeness (QED) is 0.457. The van der Waals surface area contributed by atoms with Crippen molar-refractivity contribution in [3.05, 3.63) is 69.7 Å². The van der Waals surface area contributed by atoms with Crippen molar-refractivity contribution in [2.45, 2.75) is 20.5 Å². The van der Waals surface area contributed by atoms with Gasteiger partial charge in [0, 0.05) is 5.56 Å². The van der Waals surface area contributed by atoms with Crippen LogP contribution in [0, 0.1) is 13.8 Å². The Morgan fingerprint density at radius 1 is 1.28 bits per heavy atom. The van der Waals surface area contributed by atoms with Gasteiger partial charge in [-0.25, -0.2) is 10.4 Å². The van der Waals surface area contributed by atoms with Crippen molar-refractivity contribution in [3.8, 4) is 11.5 Å². The van der Waals surface area contributed by atoms with Gasteiger partial charge in [0.25, 0.3) is 5.91 Å². The zero-order valence-electron chi connectivity index (χ0n) is 16.4. The number of carbonyl (C=O) groups is 1. The topological polar surface area (TPSA) is 98.8 Å². The van der Waals surface area contributed by atoms with Crippen molar-refractivity contribution in [2.24, 2.45) is 5.10 Å². The predicted octanol–water partition coefficient (Wildman–Crippen LogP) is 3.69. The number of methoxy groups -OCH3 is 1. The summed E-state index contributed by atoms with van der Waals surface area (Å²) in [5.74, 6) is 0.768. The van der Waals surface area contributed by atoms with E-state index in [-0.39, 0.29) is 5.91 Å². The molecule has 0 atom stereocenters. The molecule has 0 spiro atoms. The smallest absolute Gasteiger partial charge is 0.283 e. The molecule has 0 saturated heterocycles. The number of hydrogen-bond donors (Lipinski definition) is 2. The molecule has 0 unspecified atom stereocenters. The first-order chi connectivity index (χ1) is 14.0. The van der Waals surface area contributed by atoms with Gasteiger partial charge in [0.15, 0.2) is 16.6 Å². The van der Waals surface area contributed by atoms with Crippen LogP contribution in [0.2, 0.25) is 0 Å². The molecule has 0 saturated carbocycles. The van der Waals surface area contributed by atoms with Crippen LogP contribution in [-0.4, -0.2) is 24.2 Å². The van der Waals surface area contributed by atoms with Crippen molar-refractivity contribution < 1.29 is 14.3 Å². The summed E-state index contributed by atoms with van der Waals surface area (Å²) >= 11 is 1.12. The van der Waals surface area contributed by atoms with E-state index in [1.165, 1.54) is 6.21 Å². The molecule has 3 N–H and O–H groups in total. The van der Waals surface area contributed by atoms with Crippen molar-refractivity contribution in [2.75, 3.05) is 12.8 Å². The summed E-state index contributed by atoms with van der Waals surface area (Å²) in [6.07, 6.45) is 1.52. The number of thiazole rings is 1. The van der Waals surface area contributed by atoms with Crippen LogP contribution < -0.4 is 20.6 Å². The van der Waals surface area contributed by atoms with Crippen LogP contribution in [0.4, 0.5) is 5.13 Å². The van der Waals surface area contributed by atoms with E-state index < -0.39 is 0 Å². The monoisotopic (exact) mass is 410 g/mol. The van der Waals surface area contributed by atoms with Crippen LogP contribution in [0.1, 0.15) is 32.1 Å². The van der Waals surface area contributed by atoms with E-state index >= 15 is 0 Å². The summed E-state index contributed by atoms with van der Waals surface area (Å²) < 4.78 is 11.4. The fourth-order valence-corrected chi connectivity index (χ4v) is 3.47. The maximum absolute atomic E-state index is 12.3. The molecule has 0 bridgehead atoms. The number of ether oxygens (including phenoxy) is 2. The summed E-state index contributed by atoms with van der Waals surface area (Å²) in [5.41, 5.74) is 11.6. The Bertz CT molecular complexity index is 1050. The summed E-state index contributed by atoms with van der Waals surface area (Å²) in [4.78, 5) is 16.7. The molecule has 0 aliphatic heterocycles. The van der Waals surface area contributed by atoms with Gasteiger partial charge in [0.2, 0.25) is 0 Å². The summed E-state index contributed by atoms with van der Waals surface area (Å²) in [6.45, 7) is 4.14. The Morgan fingerprint density at radius 3 is 2.76 bits per heavy atom. The molecule has 1 aromatic heterocycles. The van der Waals surface area contributed by atoms with Gasteiger partial charge < -0.3 is 15.2 Å². The molecule has 8 heteroatoms. The maximum atomic E-state index is 12.3. The van der Waals surface area contributed by atoms with Crippen molar-refractivity contribution in [1.82, 2.24) is 10.4 Å². The number of aryl methyl sites for hydroxylation is 2. The highest BCUT2D eigenvalue weighted by atomic mass is 32.1. The minimum absolute atomic E-state index is 0.344. The first-order valence-corrected chi connectivity index (χ1v) is 9.71. The average Bonchev–Trinajstić information content (AvgIpc) is 3.04. The number of rotatable bonds is 7. The Kier molecular flexibility index (Phi) is 6.46. The van der Waals surface area contributed by atoms with Gasteiger partial charge in [-0.1, -0.05) is 47.2 Å². The maximum Gasteiger partial charge on any atom is 0.283 e. The number of nitrogens with zero attached hydrogens (tertiary/aromatic N) is 2. The van der Waals surface area contributed by atoms with Crippen molar-refractivity contribution >= 4 is 28.6 Å². The summed E-state index contributed by atoms with van der Waals surface area (Å²) in [5, 5.41) is 4.40. The van der Waals surface area contributed by atoms with Crippen LogP contribution in [0.25, 0.3) is 0 Å². The van der Waals surface area contributed by atoms with Crippen LogP contribution >= 0.6 is 11.3 Å². The predicted molar refractivity (Wildman–Crippen MR) is 115 cm³/mol. The number of nitrogens with one attached hydrogen (secondary N) is 1. The highest BCUT2D eigenvalue weighted by Crippen LogP contribution is 2.31. The average molecular weight is 410 g/mol. The number of aromatic nitrogens is 1. The fraction of sp³-hybridized carbons (Fsp3) is 0.190. The molecule has 2 aromatic carbocycles. The lowest BCUT2D eigenvalue weighted by atomic mass is 10.1. The molecule has 150 valence electrons. The van der Waals surface area contributed by atoms with Crippen LogP contribution in [0.3, 0.4) is 0 Å². The molecule has 3 rings (SSSR count). The van der Waals surface area contributed by atoms with Gasteiger partial charge in [0.1, 0.15) is 11.5 Å². The number of benzene rings is 2. The van der Waals surface area contributed by atoms with Gasteiger partial charge in [-0.15, -0.1) is 0 Å². The molecule has 29 heavy (non-hydrogen) atoms. The van der Waals surface area contributed by atoms with E-state index in [4.69, 9.17) is 15.2 Å². The molecule has 0 fully saturated rings. The number of nitrogens with two attached hydrogens (primary N) is 1. The second-order valence-electron chi connectivity index (χ2n) is 6.32. The van der Waals surface area contributed by atoms with Gasteiger partial charge in [-0.3, -0.25) is 4.79 Å². The van der Waals surface area contributed by atoms with E-state index in [1.54, 1.807) is 14.0 Å². The fourth-order valence-electron chi connectivity index (χ4n) is 2.75. The van der Waals surface area contributed by atoms with Crippen molar-refractivity contribution in [3.63, 3.8) is 0 Å². The zero-order chi connectivity index (χ0) is 20.8. The number of para-hydroxylation sites is 1. The molecule has 0 radical (unpaired) electrons. The summed E-state index contributed by atoms with van der Waals surface area (Å²) in [7, 11) is 1.58. The molecular formula is C21H22N4O3S. The highest BCUT2D eigenvalue weighted by molar-refractivity contribution is 7.17. The lowest BCUT2D eigenvalue weighted by Gasteiger charge is -2.13. The second-order valence-corrected chi connectivity index (χ2v) is 7.35. The Balaban J connectivity index is 1.75. The SMILES string of the molecule is COc1cccc(/C=N\NC(=O)c2sc(N)nc2C)c1OCc1cccc(C)c1. The first kappa shape index (κ1) is 20.3. The lowest BCUT2D eigenvalue weighted by Crippen LogP contribution is -2.17. The molecule has 1 heterocycles. The first-order valence-electron chi connectivity index (χ1n) is 8.89. The van der Waals surface area contributed by atoms with E-state index in [9.17, 15) is 4.79 Å². The Labute approximate surface area is 173 Å². The number of anilines is 1. The Hall–Kier alpha value is -3.39. The standard InChI is InChI=1S/C21H22N4O3S/c1-13-6-4-7-15(10-13)12-28-18-16(8-5-9-17(18)27-3)11-23-25-20(26)19-14(2)24-21(22)29-19/h4-11H,12H2,1-3H3,(H2,22,24)(H,25,26)/b23-11-. The van der Waals surface area contributed by atoms with E-state index in [1.807, 2.05) is 43.3 Å². The van der Waals surface area contributed by atoms with Gasteiger partial charge >= 0.3 is 0 Å². The third-order valence-corrected chi connectivity index (χ3v) is 5.07. The van der Waals surface area contributed by atoms with E-state index in [0.29, 0.717) is 39.4 Å². The number of nitrogen functional groups attached to an aromatic ring is 1.